The van der Waals surface area contributed by atoms with Crippen LogP contribution in [0.4, 0.5) is 0 Å². The maximum absolute atomic E-state index is 9.66. The second-order valence-electron chi connectivity index (χ2n) is 5.17. The number of hydrogen-bond donors (Lipinski definition) is 2. The average molecular weight is 323 g/mol. The van der Waals surface area contributed by atoms with Crippen molar-refractivity contribution in [3.05, 3.63) is 32.8 Å². The van der Waals surface area contributed by atoms with Crippen molar-refractivity contribution in [1.29, 1.82) is 0 Å². The van der Waals surface area contributed by atoms with E-state index in [2.05, 4.69) is 5.32 Å². The topological polar surface area (TPSA) is 32.3 Å². The van der Waals surface area contributed by atoms with E-state index in [9.17, 15) is 5.11 Å². The molecule has 5 heteroatoms. The molecule has 0 amide bonds. The third-order valence-corrected chi connectivity index (χ3v) is 5.09. The first-order valence-electron chi connectivity index (χ1n) is 6.56. The molecule has 1 saturated carbocycles. The molecule has 1 fully saturated rings. The van der Waals surface area contributed by atoms with E-state index in [-0.39, 0.29) is 12.1 Å². The monoisotopic (exact) mass is 321 g/mol. The summed E-state index contributed by atoms with van der Waals surface area (Å²) in [7, 11) is 0. The number of nitrogens with one attached hydrogen (secondary N) is 1. The maximum atomic E-state index is 9.66. The van der Waals surface area contributed by atoms with Gasteiger partial charge in [0.2, 0.25) is 0 Å². The summed E-state index contributed by atoms with van der Waals surface area (Å²) >= 11 is 18.4. The summed E-state index contributed by atoms with van der Waals surface area (Å²) in [5.41, 5.74) is 0.599. The summed E-state index contributed by atoms with van der Waals surface area (Å²) in [4.78, 5) is 0. The number of halogens is 3. The molecule has 0 aliphatic heterocycles. The van der Waals surface area contributed by atoms with Crippen LogP contribution < -0.4 is 5.32 Å². The number of benzene rings is 1. The SMILES string of the molecule is OCC1(NCc2c(Cl)ccc(Cl)c2Cl)CCCCC1. The van der Waals surface area contributed by atoms with Gasteiger partial charge in [-0.25, -0.2) is 0 Å². The van der Waals surface area contributed by atoms with Gasteiger partial charge < -0.3 is 10.4 Å². The molecule has 1 aromatic carbocycles. The van der Waals surface area contributed by atoms with Gasteiger partial charge in [0.15, 0.2) is 0 Å². The largest absolute Gasteiger partial charge is 0.394 e. The van der Waals surface area contributed by atoms with Crippen LogP contribution in [0.3, 0.4) is 0 Å². The molecule has 106 valence electrons. The van der Waals surface area contributed by atoms with Crippen LogP contribution >= 0.6 is 34.8 Å². The minimum atomic E-state index is -0.201. The molecule has 1 aliphatic rings. The fourth-order valence-corrected chi connectivity index (χ4v) is 3.31. The van der Waals surface area contributed by atoms with Crippen molar-refractivity contribution < 1.29 is 5.11 Å². The van der Waals surface area contributed by atoms with Crippen LogP contribution in [0.2, 0.25) is 15.1 Å². The zero-order valence-electron chi connectivity index (χ0n) is 10.7. The van der Waals surface area contributed by atoms with Crippen LogP contribution in [0.15, 0.2) is 12.1 Å². The fourth-order valence-electron chi connectivity index (χ4n) is 2.63. The third-order valence-electron chi connectivity index (χ3n) is 3.89. The number of aliphatic hydroxyl groups excluding tert-OH is 1. The molecule has 1 aromatic rings. The Morgan fingerprint density at radius 3 is 2.32 bits per heavy atom. The zero-order valence-corrected chi connectivity index (χ0v) is 13.0. The van der Waals surface area contributed by atoms with E-state index in [0.29, 0.717) is 21.6 Å². The smallest absolute Gasteiger partial charge is 0.0652 e. The molecule has 2 nitrogen and oxygen atoms in total. The van der Waals surface area contributed by atoms with Gasteiger partial charge in [-0.1, -0.05) is 54.1 Å². The second-order valence-corrected chi connectivity index (χ2v) is 6.37. The van der Waals surface area contributed by atoms with Gasteiger partial charge in [0, 0.05) is 22.7 Å². The Balaban J connectivity index is 2.11. The molecule has 2 N–H and O–H groups in total. The molecule has 0 atom stereocenters. The van der Waals surface area contributed by atoms with Gasteiger partial charge in [0.1, 0.15) is 0 Å². The van der Waals surface area contributed by atoms with Crippen molar-refractivity contribution in [3.8, 4) is 0 Å². The normalized spacial score (nSPS) is 18.5. The average Bonchev–Trinajstić information content (AvgIpc) is 2.44. The van der Waals surface area contributed by atoms with E-state index in [1.54, 1.807) is 12.1 Å². The van der Waals surface area contributed by atoms with Crippen molar-refractivity contribution in [3.63, 3.8) is 0 Å². The van der Waals surface area contributed by atoms with Gasteiger partial charge in [-0.2, -0.15) is 0 Å². The molecular formula is C14H18Cl3NO. The van der Waals surface area contributed by atoms with Gasteiger partial charge >= 0.3 is 0 Å². The van der Waals surface area contributed by atoms with Crippen molar-refractivity contribution in [2.75, 3.05) is 6.61 Å². The lowest BCUT2D eigenvalue weighted by molar-refractivity contribution is 0.119. The van der Waals surface area contributed by atoms with Crippen molar-refractivity contribution in [2.45, 2.75) is 44.2 Å². The highest BCUT2D eigenvalue weighted by Gasteiger charge is 2.31. The Morgan fingerprint density at radius 2 is 1.68 bits per heavy atom. The number of rotatable bonds is 4. The third kappa shape index (κ3) is 3.56. The Morgan fingerprint density at radius 1 is 1.05 bits per heavy atom. The molecule has 0 aromatic heterocycles. The Hall–Kier alpha value is 0.01000. The van der Waals surface area contributed by atoms with Crippen LogP contribution in [0.5, 0.6) is 0 Å². The number of hydrogen-bond acceptors (Lipinski definition) is 2. The molecule has 0 spiro atoms. The van der Waals surface area contributed by atoms with Crippen LogP contribution in [0.1, 0.15) is 37.7 Å². The lowest BCUT2D eigenvalue weighted by Crippen LogP contribution is -2.49. The predicted octanol–water partition coefficient (Wildman–Crippen LogP) is 4.43. The summed E-state index contributed by atoms with van der Waals surface area (Å²) in [6.07, 6.45) is 5.50. The minimum absolute atomic E-state index is 0.142. The standard InChI is InChI=1S/C14H18Cl3NO/c15-11-4-5-12(16)13(17)10(11)8-18-14(9-19)6-2-1-3-7-14/h4-5,18-19H,1-3,6-9H2. The summed E-state index contributed by atoms with van der Waals surface area (Å²) in [6.45, 7) is 0.668. The summed E-state index contributed by atoms with van der Waals surface area (Å²) in [5.74, 6) is 0. The van der Waals surface area contributed by atoms with Crippen LogP contribution in [0.25, 0.3) is 0 Å². The quantitative estimate of drug-likeness (QED) is 0.804. The lowest BCUT2D eigenvalue weighted by atomic mass is 9.82. The predicted molar refractivity (Wildman–Crippen MR) is 81.2 cm³/mol. The van der Waals surface area contributed by atoms with Gasteiger partial charge in [0.05, 0.1) is 16.7 Å². The van der Waals surface area contributed by atoms with Gasteiger partial charge in [-0.3, -0.25) is 0 Å². The van der Waals surface area contributed by atoms with Crippen LogP contribution in [-0.2, 0) is 6.54 Å². The Kier molecular flexibility index (Phi) is 5.38. The molecule has 0 radical (unpaired) electrons. The first kappa shape index (κ1) is 15.4. The molecule has 1 aliphatic carbocycles. The summed E-state index contributed by atoms with van der Waals surface area (Å²) in [5, 5.41) is 14.7. The Labute approximate surface area is 129 Å². The van der Waals surface area contributed by atoms with E-state index < -0.39 is 0 Å². The molecular weight excluding hydrogens is 305 g/mol. The van der Waals surface area contributed by atoms with Gasteiger partial charge in [-0.15, -0.1) is 0 Å². The van der Waals surface area contributed by atoms with Crippen LogP contribution in [-0.4, -0.2) is 17.3 Å². The molecule has 19 heavy (non-hydrogen) atoms. The first-order chi connectivity index (χ1) is 9.08. The van der Waals surface area contributed by atoms with Gasteiger partial charge in [-0.05, 0) is 25.0 Å². The van der Waals surface area contributed by atoms with E-state index in [1.165, 1.54) is 6.42 Å². The highest BCUT2D eigenvalue weighted by Crippen LogP contribution is 2.33. The first-order valence-corrected chi connectivity index (χ1v) is 7.70. The molecule has 0 heterocycles. The van der Waals surface area contributed by atoms with E-state index in [0.717, 1.165) is 31.2 Å². The van der Waals surface area contributed by atoms with Crippen molar-refractivity contribution in [2.24, 2.45) is 0 Å². The molecule has 2 rings (SSSR count). The second kappa shape index (κ2) is 6.64. The molecule has 0 saturated heterocycles. The number of aliphatic hydroxyl groups is 1. The summed E-state index contributed by atoms with van der Waals surface area (Å²) in [6, 6.07) is 3.44. The van der Waals surface area contributed by atoms with Gasteiger partial charge in [0.25, 0.3) is 0 Å². The van der Waals surface area contributed by atoms with E-state index in [4.69, 9.17) is 34.8 Å². The fraction of sp³-hybridized carbons (Fsp3) is 0.571. The molecule has 0 unspecified atom stereocenters. The highest BCUT2D eigenvalue weighted by atomic mass is 35.5. The lowest BCUT2D eigenvalue weighted by Gasteiger charge is -2.37. The van der Waals surface area contributed by atoms with E-state index >= 15 is 0 Å². The van der Waals surface area contributed by atoms with Crippen molar-refractivity contribution in [1.82, 2.24) is 5.32 Å². The maximum Gasteiger partial charge on any atom is 0.0652 e. The molecule has 0 bridgehead atoms. The highest BCUT2D eigenvalue weighted by molar-refractivity contribution is 6.44. The van der Waals surface area contributed by atoms with E-state index in [1.807, 2.05) is 0 Å². The zero-order chi connectivity index (χ0) is 13.9. The minimum Gasteiger partial charge on any atom is -0.394 e. The summed E-state index contributed by atoms with van der Waals surface area (Å²) < 4.78 is 0. The van der Waals surface area contributed by atoms with Crippen LogP contribution in [0, 0.1) is 0 Å². The van der Waals surface area contributed by atoms with Crippen molar-refractivity contribution >= 4 is 34.8 Å². The Bertz CT molecular complexity index is 445.